The van der Waals surface area contributed by atoms with Crippen molar-refractivity contribution in [3.8, 4) is 28.3 Å². The molecule has 34 heavy (non-hydrogen) atoms. The molecule has 0 bridgehead atoms. The summed E-state index contributed by atoms with van der Waals surface area (Å²) in [5, 5.41) is 9.31. The molecule has 6 nitrogen and oxygen atoms in total. The van der Waals surface area contributed by atoms with Gasteiger partial charge in [0, 0.05) is 22.9 Å². The molecule has 0 unspecified atom stereocenters. The van der Waals surface area contributed by atoms with Crippen LogP contribution < -0.4 is 10.1 Å². The Bertz CT molecular complexity index is 1730. The number of thiazole rings is 1. The zero-order chi connectivity index (χ0) is 23.1. The van der Waals surface area contributed by atoms with E-state index in [0.717, 1.165) is 33.6 Å². The Labute approximate surface area is 199 Å². The van der Waals surface area contributed by atoms with Crippen LogP contribution in [0.15, 0.2) is 95.9 Å². The summed E-state index contributed by atoms with van der Waals surface area (Å²) in [4.78, 5) is 18.4. The lowest BCUT2D eigenvalue weighted by Gasteiger charge is -2.00. The number of nitrogens with zero attached hydrogens (tertiary/aromatic N) is 5. The number of fused-ring (bicyclic) bond motifs is 1. The minimum atomic E-state index is -0.183. The van der Waals surface area contributed by atoms with E-state index >= 15 is 0 Å². The monoisotopic (exact) mass is 461 g/mol. The molecule has 0 aliphatic heterocycles. The van der Waals surface area contributed by atoms with Crippen molar-refractivity contribution in [2.75, 3.05) is 0 Å². The van der Waals surface area contributed by atoms with Gasteiger partial charge in [0.05, 0.1) is 15.9 Å². The van der Waals surface area contributed by atoms with E-state index in [1.54, 1.807) is 0 Å². The highest BCUT2D eigenvalue weighted by Crippen LogP contribution is 2.24. The number of benzene rings is 3. The van der Waals surface area contributed by atoms with Gasteiger partial charge in [-0.3, -0.25) is 4.79 Å². The van der Waals surface area contributed by atoms with Crippen LogP contribution in [0.25, 0.3) is 39.4 Å². The predicted molar refractivity (Wildman–Crippen MR) is 135 cm³/mol. The van der Waals surface area contributed by atoms with Gasteiger partial charge in [-0.2, -0.15) is 14.6 Å². The van der Waals surface area contributed by atoms with Gasteiger partial charge in [-0.25, -0.2) is 4.68 Å². The van der Waals surface area contributed by atoms with Crippen molar-refractivity contribution >= 4 is 22.4 Å². The van der Waals surface area contributed by atoms with E-state index in [-0.39, 0.29) is 5.56 Å². The Morgan fingerprint density at radius 1 is 0.853 bits per heavy atom. The third-order valence-corrected chi connectivity index (χ3v) is 6.51. The molecule has 0 aliphatic rings. The van der Waals surface area contributed by atoms with Gasteiger partial charge in [0.25, 0.3) is 5.56 Å². The van der Waals surface area contributed by atoms with Gasteiger partial charge in [-0.1, -0.05) is 83.6 Å². The first-order chi connectivity index (χ1) is 16.7. The molecule has 0 saturated heterocycles. The highest BCUT2D eigenvalue weighted by molar-refractivity contribution is 7.15. The highest BCUT2D eigenvalue weighted by Gasteiger charge is 2.15. The second-order valence-electron chi connectivity index (χ2n) is 7.99. The first-order valence-corrected chi connectivity index (χ1v) is 11.7. The molecule has 0 atom stereocenters. The van der Waals surface area contributed by atoms with Crippen molar-refractivity contribution in [1.29, 1.82) is 0 Å². The average molecular weight is 462 g/mol. The Morgan fingerprint density at radius 2 is 1.59 bits per heavy atom. The molecule has 164 valence electrons. The fourth-order valence-corrected chi connectivity index (χ4v) is 4.81. The highest BCUT2D eigenvalue weighted by atomic mass is 32.1. The summed E-state index contributed by atoms with van der Waals surface area (Å²) >= 11 is 1.33. The largest absolute Gasteiger partial charge is 0.291 e. The molecule has 6 rings (SSSR count). The van der Waals surface area contributed by atoms with Crippen molar-refractivity contribution in [3.63, 3.8) is 0 Å². The second-order valence-corrected chi connectivity index (χ2v) is 9.00. The molecule has 0 amide bonds. The maximum Gasteiger partial charge on any atom is 0.291 e. The van der Waals surface area contributed by atoms with E-state index in [0.29, 0.717) is 15.3 Å². The number of aryl methyl sites for hydroxylation is 1. The van der Waals surface area contributed by atoms with Crippen LogP contribution in [0.4, 0.5) is 0 Å². The smallest absolute Gasteiger partial charge is 0.266 e. The number of aromatic nitrogens is 5. The lowest BCUT2D eigenvalue weighted by atomic mass is 10.1. The summed E-state index contributed by atoms with van der Waals surface area (Å²) in [5.41, 5.74) is 5.44. The third-order valence-electron chi connectivity index (χ3n) is 5.56. The van der Waals surface area contributed by atoms with Crippen LogP contribution in [0.3, 0.4) is 0 Å². The van der Waals surface area contributed by atoms with E-state index in [9.17, 15) is 4.79 Å². The molecule has 7 heteroatoms. The molecule has 6 aromatic rings. The average Bonchev–Trinajstić information content (AvgIpc) is 3.56. The van der Waals surface area contributed by atoms with Gasteiger partial charge in [-0.15, -0.1) is 5.10 Å². The molecule has 0 N–H and O–H groups in total. The predicted octanol–water partition coefficient (Wildman–Crippen LogP) is 4.53. The van der Waals surface area contributed by atoms with E-state index in [1.807, 2.05) is 109 Å². The molecule has 0 spiro atoms. The summed E-state index contributed by atoms with van der Waals surface area (Å²) in [5.74, 6) is 0.556. The van der Waals surface area contributed by atoms with Crippen LogP contribution in [0.2, 0.25) is 0 Å². The van der Waals surface area contributed by atoms with Crippen LogP contribution in [0.5, 0.6) is 0 Å². The summed E-state index contributed by atoms with van der Waals surface area (Å²) in [6.07, 6.45) is 3.83. The van der Waals surface area contributed by atoms with Crippen LogP contribution >= 0.6 is 11.3 Å². The summed E-state index contributed by atoms with van der Waals surface area (Å²) in [7, 11) is 0. The molecule has 0 saturated carbocycles. The standard InChI is InChI=1S/C27H19N5OS/c1-18-9-8-12-20(15-18)25-28-27-32(30-25)26(33)23(34-27)16-21-17-31(22-13-6-3-7-14-22)29-24(21)19-10-4-2-5-11-19/h2-17H,1H3/b23-16-. The van der Waals surface area contributed by atoms with Crippen LogP contribution in [0.1, 0.15) is 11.1 Å². The Hall–Kier alpha value is -4.36. The topological polar surface area (TPSA) is 65.1 Å². The number of hydrogen-bond acceptors (Lipinski definition) is 5. The molecule has 3 aromatic carbocycles. The molecular formula is C27H19N5OS. The zero-order valence-electron chi connectivity index (χ0n) is 18.3. The van der Waals surface area contributed by atoms with Crippen LogP contribution in [-0.4, -0.2) is 24.4 Å². The minimum Gasteiger partial charge on any atom is -0.266 e. The maximum atomic E-state index is 13.2. The van der Waals surface area contributed by atoms with E-state index in [4.69, 9.17) is 5.10 Å². The van der Waals surface area contributed by atoms with Crippen LogP contribution in [-0.2, 0) is 0 Å². The Kier molecular flexibility index (Phi) is 4.89. The van der Waals surface area contributed by atoms with E-state index in [1.165, 1.54) is 15.9 Å². The van der Waals surface area contributed by atoms with Gasteiger partial charge in [0.15, 0.2) is 5.82 Å². The lowest BCUT2D eigenvalue weighted by Crippen LogP contribution is -2.23. The molecule has 3 heterocycles. The third kappa shape index (κ3) is 3.62. The van der Waals surface area contributed by atoms with Gasteiger partial charge < -0.3 is 0 Å². The fraction of sp³-hybridized carbons (Fsp3) is 0.0370. The zero-order valence-corrected chi connectivity index (χ0v) is 19.1. The van der Waals surface area contributed by atoms with Gasteiger partial charge in [0.1, 0.15) is 0 Å². The molecule has 0 fully saturated rings. The van der Waals surface area contributed by atoms with Crippen molar-refractivity contribution in [2.45, 2.75) is 6.92 Å². The normalized spacial score (nSPS) is 12.0. The Balaban J connectivity index is 1.49. The first kappa shape index (κ1) is 20.3. The van der Waals surface area contributed by atoms with Crippen LogP contribution in [0, 0.1) is 6.92 Å². The minimum absolute atomic E-state index is 0.183. The number of hydrogen-bond donors (Lipinski definition) is 0. The fourth-order valence-electron chi connectivity index (χ4n) is 3.91. The number of para-hydroxylation sites is 1. The molecule has 3 aromatic heterocycles. The molecule has 0 aliphatic carbocycles. The van der Waals surface area contributed by atoms with Gasteiger partial charge in [0.2, 0.25) is 4.96 Å². The maximum absolute atomic E-state index is 13.2. The van der Waals surface area contributed by atoms with Crippen molar-refractivity contribution in [2.24, 2.45) is 0 Å². The van der Waals surface area contributed by atoms with E-state index in [2.05, 4.69) is 10.1 Å². The molecule has 0 radical (unpaired) electrons. The second kappa shape index (κ2) is 8.20. The number of rotatable bonds is 4. The quantitative estimate of drug-likeness (QED) is 0.387. The van der Waals surface area contributed by atoms with Crippen molar-refractivity contribution in [1.82, 2.24) is 24.4 Å². The lowest BCUT2D eigenvalue weighted by molar-refractivity contribution is 0.884. The van der Waals surface area contributed by atoms with Gasteiger partial charge in [-0.05, 0) is 31.2 Å². The summed E-state index contributed by atoms with van der Waals surface area (Å²) in [6.45, 7) is 2.02. The first-order valence-electron chi connectivity index (χ1n) is 10.8. The van der Waals surface area contributed by atoms with Crippen molar-refractivity contribution in [3.05, 3.63) is 117 Å². The summed E-state index contributed by atoms with van der Waals surface area (Å²) < 4.78 is 3.79. The Morgan fingerprint density at radius 3 is 2.32 bits per heavy atom. The SMILES string of the molecule is Cc1cccc(-c2nc3s/c(=C\c4cn(-c5ccccc5)nc4-c4ccccc4)c(=O)n3n2)c1. The van der Waals surface area contributed by atoms with Gasteiger partial charge >= 0.3 is 0 Å². The van der Waals surface area contributed by atoms with E-state index < -0.39 is 0 Å². The summed E-state index contributed by atoms with van der Waals surface area (Å²) in [6, 6.07) is 27.9. The van der Waals surface area contributed by atoms with Crippen molar-refractivity contribution < 1.29 is 0 Å². The molecular weight excluding hydrogens is 442 g/mol.